The summed E-state index contributed by atoms with van der Waals surface area (Å²) < 4.78 is 1.13. The Balaban J connectivity index is 1.99. The van der Waals surface area contributed by atoms with Crippen LogP contribution in [0.25, 0.3) is 0 Å². The second kappa shape index (κ2) is 7.87. The fraction of sp³-hybridized carbons (Fsp3) is 0.294. The van der Waals surface area contributed by atoms with Gasteiger partial charge in [0.2, 0.25) is 0 Å². The molecule has 0 saturated heterocycles. The zero-order valence-electron chi connectivity index (χ0n) is 11.9. The van der Waals surface area contributed by atoms with Gasteiger partial charge in [0.05, 0.1) is 0 Å². The molecule has 0 radical (unpaired) electrons. The van der Waals surface area contributed by atoms with E-state index in [1.54, 1.807) is 0 Å². The summed E-state index contributed by atoms with van der Waals surface area (Å²) in [6.45, 7) is 5.35. The first-order valence-corrected chi connectivity index (χ1v) is 8.67. The van der Waals surface area contributed by atoms with Crippen molar-refractivity contribution >= 4 is 27.7 Å². The summed E-state index contributed by atoms with van der Waals surface area (Å²) in [6, 6.07) is 17.8. The molecule has 2 aromatic carbocycles. The molecule has 0 aliphatic heterocycles. The van der Waals surface area contributed by atoms with Crippen LogP contribution in [0.3, 0.4) is 0 Å². The second-order valence-electron chi connectivity index (χ2n) is 4.77. The van der Waals surface area contributed by atoms with Crippen LogP contribution in [0.15, 0.2) is 57.9 Å². The molecule has 0 fully saturated rings. The molecule has 106 valence electrons. The van der Waals surface area contributed by atoms with Gasteiger partial charge >= 0.3 is 0 Å². The summed E-state index contributed by atoms with van der Waals surface area (Å²) in [5.74, 6) is 1.01. The first-order chi connectivity index (χ1) is 9.69. The Morgan fingerprint density at radius 3 is 2.60 bits per heavy atom. The number of benzene rings is 2. The summed E-state index contributed by atoms with van der Waals surface area (Å²) in [4.78, 5) is 1.33. The number of nitrogens with one attached hydrogen (secondary N) is 1. The molecule has 0 spiro atoms. The third kappa shape index (κ3) is 4.65. The van der Waals surface area contributed by atoms with Gasteiger partial charge in [0, 0.05) is 21.2 Å². The van der Waals surface area contributed by atoms with Crippen LogP contribution in [0.4, 0.5) is 0 Å². The Morgan fingerprint density at radius 1 is 1.15 bits per heavy atom. The molecule has 3 heteroatoms. The normalized spacial score (nSPS) is 12.3. The minimum atomic E-state index is 0.410. The Bertz CT molecular complexity index is 539. The van der Waals surface area contributed by atoms with E-state index in [2.05, 4.69) is 83.6 Å². The molecule has 1 nitrogen and oxygen atoms in total. The molecule has 2 aromatic rings. The van der Waals surface area contributed by atoms with Gasteiger partial charge in [-0.1, -0.05) is 47.1 Å². The average molecular weight is 350 g/mol. The van der Waals surface area contributed by atoms with Crippen molar-refractivity contribution in [2.75, 3.05) is 6.54 Å². The third-order valence-electron chi connectivity index (χ3n) is 3.19. The molecule has 0 saturated carbocycles. The molecule has 1 atom stereocenters. The van der Waals surface area contributed by atoms with Crippen LogP contribution in [-0.2, 0) is 5.75 Å². The lowest BCUT2D eigenvalue weighted by molar-refractivity contribution is 0.597. The highest BCUT2D eigenvalue weighted by Gasteiger charge is 2.04. The third-order valence-corrected chi connectivity index (χ3v) is 4.78. The van der Waals surface area contributed by atoms with Crippen LogP contribution in [0.2, 0.25) is 0 Å². The van der Waals surface area contributed by atoms with Crippen molar-refractivity contribution in [3.63, 3.8) is 0 Å². The largest absolute Gasteiger partial charge is 0.310 e. The van der Waals surface area contributed by atoms with Gasteiger partial charge in [-0.25, -0.2) is 0 Å². The van der Waals surface area contributed by atoms with Gasteiger partial charge in [-0.15, -0.1) is 11.8 Å². The van der Waals surface area contributed by atoms with Gasteiger partial charge in [-0.2, -0.15) is 0 Å². The summed E-state index contributed by atoms with van der Waals surface area (Å²) in [7, 11) is 0. The van der Waals surface area contributed by atoms with Crippen LogP contribution in [0, 0.1) is 0 Å². The first-order valence-electron chi connectivity index (χ1n) is 6.89. The summed E-state index contributed by atoms with van der Waals surface area (Å²) in [5.41, 5.74) is 2.70. The first kappa shape index (κ1) is 15.6. The number of halogens is 1. The molecule has 2 rings (SSSR count). The van der Waals surface area contributed by atoms with Gasteiger partial charge in [0.1, 0.15) is 0 Å². The van der Waals surface area contributed by atoms with Crippen molar-refractivity contribution in [1.82, 2.24) is 5.32 Å². The standard InChI is InChI=1S/C17H20BrNS/c1-3-19-13(2)15-5-4-6-17(11-15)20-12-14-7-9-16(18)10-8-14/h4-11,13,19H,3,12H2,1-2H3. The van der Waals surface area contributed by atoms with E-state index < -0.39 is 0 Å². The SMILES string of the molecule is CCNC(C)c1cccc(SCc2ccc(Br)cc2)c1. The molecule has 0 aliphatic carbocycles. The molecule has 0 aliphatic rings. The van der Waals surface area contributed by atoms with Crippen molar-refractivity contribution in [3.05, 3.63) is 64.1 Å². The second-order valence-corrected chi connectivity index (χ2v) is 6.73. The van der Waals surface area contributed by atoms with Gasteiger partial charge in [-0.3, -0.25) is 0 Å². The zero-order chi connectivity index (χ0) is 14.4. The van der Waals surface area contributed by atoms with Crippen molar-refractivity contribution in [2.24, 2.45) is 0 Å². The smallest absolute Gasteiger partial charge is 0.0292 e. The maximum absolute atomic E-state index is 3.47. The number of hydrogen-bond acceptors (Lipinski definition) is 2. The summed E-state index contributed by atoms with van der Waals surface area (Å²) in [5, 5.41) is 3.45. The van der Waals surface area contributed by atoms with Crippen LogP contribution in [-0.4, -0.2) is 6.54 Å². The van der Waals surface area contributed by atoms with E-state index in [4.69, 9.17) is 0 Å². The lowest BCUT2D eigenvalue weighted by Crippen LogP contribution is -2.17. The number of thioether (sulfide) groups is 1. The topological polar surface area (TPSA) is 12.0 Å². The van der Waals surface area contributed by atoms with Crippen LogP contribution < -0.4 is 5.32 Å². The maximum Gasteiger partial charge on any atom is 0.0292 e. The Morgan fingerprint density at radius 2 is 1.90 bits per heavy atom. The van der Waals surface area contributed by atoms with Crippen molar-refractivity contribution in [1.29, 1.82) is 0 Å². The molecule has 0 heterocycles. The molecule has 20 heavy (non-hydrogen) atoms. The van der Waals surface area contributed by atoms with E-state index in [9.17, 15) is 0 Å². The highest BCUT2D eigenvalue weighted by molar-refractivity contribution is 9.10. The Hall–Kier alpha value is -0.770. The number of rotatable bonds is 6. The summed E-state index contributed by atoms with van der Waals surface area (Å²) in [6.07, 6.45) is 0. The minimum Gasteiger partial charge on any atom is -0.310 e. The molecule has 1 N–H and O–H groups in total. The molecular formula is C17H20BrNS. The molecule has 0 amide bonds. The fourth-order valence-electron chi connectivity index (χ4n) is 2.05. The van der Waals surface area contributed by atoms with Crippen molar-refractivity contribution in [2.45, 2.75) is 30.5 Å². The average Bonchev–Trinajstić information content (AvgIpc) is 2.47. The van der Waals surface area contributed by atoms with Gasteiger partial charge in [0.15, 0.2) is 0 Å². The van der Waals surface area contributed by atoms with Crippen LogP contribution >= 0.6 is 27.7 Å². The molecule has 0 bridgehead atoms. The van der Waals surface area contributed by atoms with E-state index >= 15 is 0 Å². The fourth-order valence-corrected chi connectivity index (χ4v) is 3.23. The predicted molar refractivity (Wildman–Crippen MR) is 92.2 cm³/mol. The molecule has 1 unspecified atom stereocenters. The zero-order valence-corrected chi connectivity index (χ0v) is 14.3. The predicted octanol–water partition coefficient (Wildman–Crippen LogP) is 5.41. The van der Waals surface area contributed by atoms with E-state index in [1.165, 1.54) is 16.0 Å². The van der Waals surface area contributed by atoms with E-state index in [-0.39, 0.29) is 0 Å². The summed E-state index contributed by atoms with van der Waals surface area (Å²) >= 11 is 5.35. The number of hydrogen-bond donors (Lipinski definition) is 1. The van der Waals surface area contributed by atoms with Gasteiger partial charge in [-0.05, 0) is 48.9 Å². The highest BCUT2D eigenvalue weighted by Crippen LogP contribution is 2.26. The van der Waals surface area contributed by atoms with E-state index in [1.807, 2.05) is 11.8 Å². The monoisotopic (exact) mass is 349 g/mol. The van der Waals surface area contributed by atoms with Crippen LogP contribution in [0.1, 0.15) is 31.0 Å². The maximum atomic E-state index is 3.47. The molecule has 0 aromatic heterocycles. The van der Waals surface area contributed by atoms with Crippen molar-refractivity contribution in [3.8, 4) is 0 Å². The lowest BCUT2D eigenvalue weighted by atomic mass is 10.1. The van der Waals surface area contributed by atoms with Crippen molar-refractivity contribution < 1.29 is 0 Å². The Kier molecular flexibility index (Phi) is 6.14. The van der Waals surface area contributed by atoms with Gasteiger partial charge < -0.3 is 5.32 Å². The van der Waals surface area contributed by atoms with E-state index in [0.717, 1.165) is 16.8 Å². The van der Waals surface area contributed by atoms with E-state index in [0.29, 0.717) is 6.04 Å². The van der Waals surface area contributed by atoms with Gasteiger partial charge in [0.25, 0.3) is 0 Å². The van der Waals surface area contributed by atoms with Crippen LogP contribution in [0.5, 0.6) is 0 Å². The highest BCUT2D eigenvalue weighted by atomic mass is 79.9. The Labute approximate surface area is 134 Å². The molecular weight excluding hydrogens is 330 g/mol. The lowest BCUT2D eigenvalue weighted by Gasteiger charge is -2.13. The quantitative estimate of drug-likeness (QED) is 0.699. The minimum absolute atomic E-state index is 0.410.